The van der Waals surface area contributed by atoms with Gasteiger partial charge in [0.25, 0.3) is 0 Å². The predicted octanol–water partition coefficient (Wildman–Crippen LogP) is 3.03. The lowest BCUT2D eigenvalue weighted by atomic mass is 10.2. The van der Waals surface area contributed by atoms with Crippen LogP contribution in [0.2, 0.25) is 0 Å². The molecule has 1 aliphatic rings. The second-order valence-corrected chi connectivity index (χ2v) is 6.62. The lowest BCUT2D eigenvalue weighted by Gasteiger charge is -2.26. The third-order valence-electron chi connectivity index (χ3n) is 4.83. The lowest BCUT2D eigenvalue weighted by Crippen LogP contribution is -2.40. The molecule has 0 bridgehead atoms. The van der Waals surface area contributed by atoms with Crippen molar-refractivity contribution in [1.82, 2.24) is 19.6 Å². The summed E-state index contributed by atoms with van der Waals surface area (Å²) in [5, 5.41) is 7.61. The molecular formula is C17H31N5O. The molecule has 1 aliphatic heterocycles. The second kappa shape index (κ2) is 7.34. The molecule has 1 N–H and O–H groups in total. The molecule has 1 aromatic heterocycles. The Bertz CT molecular complexity index is 547. The van der Waals surface area contributed by atoms with Crippen LogP contribution in [0, 0.1) is 13.8 Å². The Morgan fingerprint density at radius 3 is 2.52 bits per heavy atom. The zero-order chi connectivity index (χ0) is 17.1. The van der Waals surface area contributed by atoms with E-state index in [0.29, 0.717) is 6.04 Å². The molecule has 6 heteroatoms. The van der Waals surface area contributed by atoms with Gasteiger partial charge in [0.2, 0.25) is 0 Å². The van der Waals surface area contributed by atoms with Gasteiger partial charge in [0.1, 0.15) is 0 Å². The van der Waals surface area contributed by atoms with Crippen LogP contribution in [0.25, 0.3) is 0 Å². The maximum absolute atomic E-state index is 12.6. The number of likely N-dealkylation sites (tertiary alicyclic amines) is 1. The van der Waals surface area contributed by atoms with Gasteiger partial charge >= 0.3 is 6.03 Å². The average Bonchev–Trinajstić information content (AvgIpc) is 3.09. The van der Waals surface area contributed by atoms with E-state index in [1.54, 1.807) is 0 Å². The normalized spacial score (nSPS) is 18.3. The number of likely N-dealkylation sites (N-methyl/N-ethyl adjacent to an activating group) is 1. The molecule has 0 saturated carbocycles. The van der Waals surface area contributed by atoms with Crippen LogP contribution in [0.4, 0.5) is 10.5 Å². The third-order valence-corrected chi connectivity index (χ3v) is 4.83. The van der Waals surface area contributed by atoms with Gasteiger partial charge in [-0.3, -0.25) is 9.58 Å². The van der Waals surface area contributed by atoms with E-state index in [1.165, 1.54) is 0 Å². The summed E-state index contributed by atoms with van der Waals surface area (Å²) in [5.74, 6) is 0. The number of aryl methyl sites for hydroxylation is 1. The van der Waals surface area contributed by atoms with Crippen molar-refractivity contribution in [2.75, 3.05) is 31.5 Å². The Morgan fingerprint density at radius 1 is 1.35 bits per heavy atom. The molecule has 1 unspecified atom stereocenters. The minimum absolute atomic E-state index is 0.00541. The number of nitrogens with one attached hydrogen (secondary N) is 1. The quantitative estimate of drug-likeness (QED) is 0.907. The first-order valence-corrected chi connectivity index (χ1v) is 8.74. The van der Waals surface area contributed by atoms with Gasteiger partial charge in [0.15, 0.2) is 0 Å². The van der Waals surface area contributed by atoms with Crippen molar-refractivity contribution in [3.8, 4) is 0 Å². The Balaban J connectivity index is 2.04. The summed E-state index contributed by atoms with van der Waals surface area (Å²) in [5.41, 5.74) is 2.75. The molecule has 1 aromatic rings. The molecule has 2 amide bonds. The van der Waals surface area contributed by atoms with Crippen molar-refractivity contribution in [2.24, 2.45) is 0 Å². The molecule has 0 aromatic carbocycles. The van der Waals surface area contributed by atoms with E-state index in [0.717, 1.165) is 49.7 Å². The average molecular weight is 321 g/mol. The lowest BCUT2D eigenvalue weighted by molar-refractivity contribution is 0.202. The highest BCUT2D eigenvalue weighted by Crippen LogP contribution is 2.24. The third kappa shape index (κ3) is 3.68. The van der Waals surface area contributed by atoms with E-state index >= 15 is 0 Å². The number of urea groups is 1. The fourth-order valence-electron chi connectivity index (χ4n) is 3.50. The first-order chi connectivity index (χ1) is 10.9. The van der Waals surface area contributed by atoms with Gasteiger partial charge in [-0.15, -0.1) is 0 Å². The number of hydrogen-bond acceptors (Lipinski definition) is 3. The SMILES string of the molecule is CCN(CC)C1CCN(C(=O)Nc2c(C)nn(C(C)C)c2C)C1. The molecule has 23 heavy (non-hydrogen) atoms. The fraction of sp³-hybridized carbons (Fsp3) is 0.765. The first-order valence-electron chi connectivity index (χ1n) is 8.74. The number of anilines is 1. The summed E-state index contributed by atoms with van der Waals surface area (Å²) in [4.78, 5) is 17.0. The smallest absolute Gasteiger partial charge is 0.322 e. The van der Waals surface area contributed by atoms with Crippen molar-refractivity contribution >= 4 is 11.7 Å². The van der Waals surface area contributed by atoms with E-state index in [4.69, 9.17) is 0 Å². The first kappa shape index (κ1) is 17.8. The van der Waals surface area contributed by atoms with Crippen molar-refractivity contribution in [3.05, 3.63) is 11.4 Å². The number of aromatic nitrogens is 2. The molecule has 1 fully saturated rings. The fourth-order valence-corrected chi connectivity index (χ4v) is 3.50. The monoisotopic (exact) mass is 321 g/mol. The van der Waals surface area contributed by atoms with Gasteiger partial charge in [0, 0.05) is 25.2 Å². The van der Waals surface area contributed by atoms with Crippen LogP contribution in [0.1, 0.15) is 51.5 Å². The zero-order valence-electron chi connectivity index (χ0n) is 15.4. The Hall–Kier alpha value is -1.56. The molecule has 130 valence electrons. The van der Waals surface area contributed by atoms with Gasteiger partial charge in [-0.1, -0.05) is 13.8 Å². The summed E-state index contributed by atoms with van der Waals surface area (Å²) in [6.45, 7) is 16.2. The topological polar surface area (TPSA) is 53.4 Å². The Labute approximate surface area is 139 Å². The zero-order valence-corrected chi connectivity index (χ0v) is 15.4. The van der Waals surface area contributed by atoms with E-state index in [-0.39, 0.29) is 12.1 Å². The number of rotatable bonds is 5. The van der Waals surface area contributed by atoms with E-state index in [2.05, 4.69) is 43.0 Å². The summed E-state index contributed by atoms with van der Waals surface area (Å²) in [6, 6.07) is 0.767. The minimum Gasteiger partial charge on any atom is -0.323 e. The van der Waals surface area contributed by atoms with Crippen LogP contribution >= 0.6 is 0 Å². The maximum Gasteiger partial charge on any atom is 0.322 e. The van der Waals surface area contributed by atoms with Gasteiger partial charge in [-0.2, -0.15) is 5.10 Å². The van der Waals surface area contributed by atoms with Gasteiger partial charge in [0.05, 0.1) is 17.1 Å². The largest absolute Gasteiger partial charge is 0.323 e. The summed E-state index contributed by atoms with van der Waals surface area (Å²) in [6.07, 6.45) is 1.05. The van der Waals surface area contributed by atoms with Crippen LogP contribution in [-0.4, -0.2) is 57.8 Å². The molecule has 0 aliphatic carbocycles. The maximum atomic E-state index is 12.6. The molecule has 1 atom stereocenters. The molecule has 0 spiro atoms. The predicted molar refractivity (Wildman–Crippen MR) is 94.0 cm³/mol. The summed E-state index contributed by atoms with van der Waals surface area (Å²) in [7, 11) is 0. The summed E-state index contributed by atoms with van der Waals surface area (Å²) >= 11 is 0. The summed E-state index contributed by atoms with van der Waals surface area (Å²) < 4.78 is 1.97. The van der Waals surface area contributed by atoms with Crippen molar-refractivity contribution in [3.63, 3.8) is 0 Å². The number of carbonyl (C=O) groups is 1. The van der Waals surface area contributed by atoms with Crippen molar-refractivity contribution < 1.29 is 4.79 Å². The number of amides is 2. The van der Waals surface area contributed by atoms with Crippen LogP contribution in [0.3, 0.4) is 0 Å². The van der Waals surface area contributed by atoms with Gasteiger partial charge < -0.3 is 10.2 Å². The van der Waals surface area contributed by atoms with Crippen LogP contribution in [0.5, 0.6) is 0 Å². The number of carbonyl (C=O) groups excluding carboxylic acids is 1. The van der Waals surface area contributed by atoms with Crippen molar-refractivity contribution in [1.29, 1.82) is 0 Å². The molecule has 0 radical (unpaired) electrons. The minimum atomic E-state index is -0.00541. The highest BCUT2D eigenvalue weighted by atomic mass is 16.2. The molecule has 2 heterocycles. The Kier molecular flexibility index (Phi) is 5.68. The van der Waals surface area contributed by atoms with Crippen LogP contribution in [-0.2, 0) is 0 Å². The van der Waals surface area contributed by atoms with E-state index in [9.17, 15) is 4.79 Å². The van der Waals surface area contributed by atoms with Crippen LogP contribution in [0.15, 0.2) is 0 Å². The van der Waals surface area contributed by atoms with E-state index < -0.39 is 0 Å². The Morgan fingerprint density at radius 2 is 2.00 bits per heavy atom. The van der Waals surface area contributed by atoms with Gasteiger partial charge in [-0.25, -0.2) is 4.79 Å². The molecule has 1 saturated heterocycles. The van der Waals surface area contributed by atoms with Crippen LogP contribution < -0.4 is 5.32 Å². The van der Waals surface area contributed by atoms with E-state index in [1.807, 2.05) is 23.4 Å². The number of hydrogen-bond donors (Lipinski definition) is 1. The molecule has 6 nitrogen and oxygen atoms in total. The standard InChI is InChI=1S/C17H31N5O/c1-7-20(8-2)15-9-10-21(11-15)17(23)18-16-13(5)19-22(12(3)4)14(16)6/h12,15H,7-11H2,1-6H3,(H,18,23). The van der Waals surface area contributed by atoms with Crippen molar-refractivity contribution in [2.45, 2.75) is 60.0 Å². The molecular weight excluding hydrogens is 290 g/mol. The number of nitrogens with zero attached hydrogens (tertiary/aromatic N) is 4. The van der Waals surface area contributed by atoms with Gasteiger partial charge in [-0.05, 0) is 47.2 Å². The molecule has 2 rings (SSSR count). The highest BCUT2D eigenvalue weighted by molar-refractivity contribution is 5.90. The second-order valence-electron chi connectivity index (χ2n) is 6.62. The highest BCUT2D eigenvalue weighted by Gasteiger charge is 2.30.